The van der Waals surface area contributed by atoms with Gasteiger partial charge in [0.25, 0.3) is 5.91 Å². The van der Waals surface area contributed by atoms with Crippen molar-refractivity contribution in [1.82, 2.24) is 9.88 Å². The number of likely N-dealkylation sites (N-methyl/N-ethyl adjacent to an activating group) is 1. The Bertz CT molecular complexity index is 755. The number of anilines is 2. The maximum atomic E-state index is 12.7. The first kappa shape index (κ1) is 18.2. The molecule has 2 aromatic rings. The molecule has 1 N–H and O–H groups in total. The maximum Gasteiger partial charge on any atom is 0.274 e. The van der Waals surface area contributed by atoms with Gasteiger partial charge in [-0.3, -0.25) is 9.78 Å². The first-order valence-electron chi connectivity index (χ1n) is 8.99. The van der Waals surface area contributed by atoms with Crippen molar-refractivity contribution in [1.29, 1.82) is 0 Å². The van der Waals surface area contributed by atoms with Crippen LogP contribution in [-0.2, 0) is 0 Å². The van der Waals surface area contributed by atoms with Crippen LogP contribution in [0.25, 0.3) is 0 Å². The molecule has 3 rings (SSSR count). The fourth-order valence-corrected chi connectivity index (χ4v) is 2.92. The number of hydrogen-bond donors (Lipinski definition) is 1. The molecule has 0 bridgehead atoms. The first-order valence-corrected chi connectivity index (χ1v) is 8.99. The molecular weight excluding hydrogens is 328 g/mol. The van der Waals surface area contributed by atoms with Gasteiger partial charge in [-0.25, -0.2) is 0 Å². The van der Waals surface area contributed by atoms with Crippen LogP contribution in [0.1, 0.15) is 24.3 Å². The zero-order valence-electron chi connectivity index (χ0n) is 15.6. The molecule has 0 radical (unpaired) electrons. The Labute approximate surface area is 154 Å². The summed E-state index contributed by atoms with van der Waals surface area (Å²) in [5, 5.41) is 2.92. The number of amides is 1. The third-order valence-electron chi connectivity index (χ3n) is 4.34. The highest BCUT2D eigenvalue weighted by Gasteiger charge is 2.17. The van der Waals surface area contributed by atoms with Gasteiger partial charge in [-0.1, -0.05) is 12.1 Å². The lowest BCUT2D eigenvalue weighted by Gasteiger charge is -2.34. The number of benzene rings is 1. The number of piperazine rings is 1. The molecule has 1 aromatic carbocycles. The minimum absolute atomic E-state index is 0.0340. The molecule has 1 amide bonds. The summed E-state index contributed by atoms with van der Waals surface area (Å²) in [5.41, 5.74) is 2.09. The summed E-state index contributed by atoms with van der Waals surface area (Å²) < 4.78 is 5.76. The third kappa shape index (κ3) is 4.52. The van der Waals surface area contributed by atoms with Crippen molar-refractivity contribution in [2.24, 2.45) is 0 Å². The zero-order valence-corrected chi connectivity index (χ0v) is 15.6. The van der Waals surface area contributed by atoms with Crippen molar-refractivity contribution in [3.8, 4) is 5.75 Å². The standard InChI is InChI=1S/C20H26N4O2/c1-15(2)26-19-7-5-4-6-17(19)22-20(25)18-14-16(8-9-21-18)24-12-10-23(3)11-13-24/h4-9,14-15H,10-13H2,1-3H3,(H,22,25). The minimum Gasteiger partial charge on any atom is -0.489 e. The number of pyridine rings is 1. The third-order valence-corrected chi connectivity index (χ3v) is 4.34. The molecule has 0 atom stereocenters. The Morgan fingerprint density at radius 1 is 1.15 bits per heavy atom. The van der Waals surface area contributed by atoms with Gasteiger partial charge in [-0.15, -0.1) is 0 Å². The zero-order chi connectivity index (χ0) is 18.5. The molecular formula is C20H26N4O2. The van der Waals surface area contributed by atoms with Gasteiger partial charge in [-0.05, 0) is 45.2 Å². The van der Waals surface area contributed by atoms with Gasteiger partial charge in [0.1, 0.15) is 11.4 Å². The lowest BCUT2D eigenvalue weighted by molar-refractivity contribution is 0.102. The molecule has 0 spiro atoms. The predicted molar refractivity (Wildman–Crippen MR) is 104 cm³/mol. The summed E-state index contributed by atoms with van der Waals surface area (Å²) in [6.07, 6.45) is 1.73. The van der Waals surface area contributed by atoms with Crippen molar-refractivity contribution in [3.63, 3.8) is 0 Å². The Morgan fingerprint density at radius 2 is 1.88 bits per heavy atom. The van der Waals surface area contributed by atoms with Crippen LogP contribution in [0.3, 0.4) is 0 Å². The summed E-state index contributed by atoms with van der Waals surface area (Å²) in [7, 11) is 2.12. The van der Waals surface area contributed by atoms with E-state index in [1.165, 1.54) is 0 Å². The van der Waals surface area contributed by atoms with Crippen molar-refractivity contribution < 1.29 is 9.53 Å². The van der Waals surface area contributed by atoms with E-state index in [0.717, 1.165) is 31.9 Å². The van der Waals surface area contributed by atoms with Crippen molar-refractivity contribution >= 4 is 17.3 Å². The number of nitrogens with zero attached hydrogens (tertiary/aromatic N) is 3. The molecule has 1 aliphatic rings. The van der Waals surface area contributed by atoms with Crippen LogP contribution in [0.5, 0.6) is 5.75 Å². The van der Waals surface area contributed by atoms with Crippen molar-refractivity contribution in [3.05, 3.63) is 48.3 Å². The van der Waals surface area contributed by atoms with Crippen molar-refractivity contribution in [2.45, 2.75) is 20.0 Å². The molecule has 138 valence electrons. The Hall–Kier alpha value is -2.60. The number of ether oxygens (including phenoxy) is 1. The SMILES string of the molecule is CC(C)Oc1ccccc1NC(=O)c1cc(N2CCN(C)CC2)ccn1. The molecule has 6 nitrogen and oxygen atoms in total. The number of carbonyl (C=O) groups excluding carboxylic acids is 1. The number of carbonyl (C=O) groups is 1. The van der Waals surface area contributed by atoms with Gasteiger partial charge in [-0.2, -0.15) is 0 Å². The summed E-state index contributed by atoms with van der Waals surface area (Å²) in [5.74, 6) is 0.423. The molecule has 1 aromatic heterocycles. The first-order chi connectivity index (χ1) is 12.5. The number of aromatic nitrogens is 1. The summed E-state index contributed by atoms with van der Waals surface area (Å²) in [6.45, 7) is 7.85. The average Bonchev–Trinajstić information content (AvgIpc) is 2.63. The second kappa shape index (κ2) is 8.19. The smallest absolute Gasteiger partial charge is 0.274 e. The lowest BCUT2D eigenvalue weighted by atomic mass is 10.2. The van der Waals surface area contributed by atoms with E-state index < -0.39 is 0 Å². The van der Waals surface area contributed by atoms with Crippen LogP contribution < -0.4 is 15.0 Å². The molecule has 1 aliphatic heterocycles. The van der Waals surface area contributed by atoms with E-state index in [9.17, 15) is 4.79 Å². The highest BCUT2D eigenvalue weighted by molar-refractivity contribution is 6.04. The number of rotatable bonds is 5. The van der Waals surface area contributed by atoms with E-state index in [1.807, 2.05) is 50.2 Å². The van der Waals surface area contributed by atoms with E-state index in [0.29, 0.717) is 17.1 Å². The number of hydrogen-bond acceptors (Lipinski definition) is 5. The van der Waals surface area contributed by atoms with Crippen LogP contribution >= 0.6 is 0 Å². The molecule has 2 heterocycles. The second-order valence-corrected chi connectivity index (χ2v) is 6.81. The second-order valence-electron chi connectivity index (χ2n) is 6.81. The molecule has 0 saturated carbocycles. The van der Waals surface area contributed by atoms with Gasteiger partial charge in [0.05, 0.1) is 11.8 Å². The maximum absolute atomic E-state index is 12.7. The fourth-order valence-electron chi connectivity index (χ4n) is 2.92. The van der Waals surface area contributed by atoms with E-state index >= 15 is 0 Å². The van der Waals surface area contributed by atoms with Gasteiger partial charge in [0.2, 0.25) is 0 Å². The monoisotopic (exact) mass is 354 g/mol. The summed E-state index contributed by atoms with van der Waals surface area (Å²) >= 11 is 0. The molecule has 0 aliphatic carbocycles. The van der Waals surface area contributed by atoms with E-state index in [-0.39, 0.29) is 12.0 Å². The highest BCUT2D eigenvalue weighted by atomic mass is 16.5. The summed E-state index contributed by atoms with van der Waals surface area (Å²) in [4.78, 5) is 21.5. The number of nitrogens with one attached hydrogen (secondary N) is 1. The van der Waals surface area contributed by atoms with Crippen LogP contribution in [0.2, 0.25) is 0 Å². The van der Waals surface area contributed by atoms with E-state index in [2.05, 4.69) is 27.1 Å². The lowest BCUT2D eigenvalue weighted by Crippen LogP contribution is -2.44. The largest absolute Gasteiger partial charge is 0.489 e. The minimum atomic E-state index is -0.235. The van der Waals surface area contributed by atoms with Crippen LogP contribution in [0.15, 0.2) is 42.6 Å². The van der Waals surface area contributed by atoms with Crippen LogP contribution in [0, 0.1) is 0 Å². The topological polar surface area (TPSA) is 57.7 Å². The van der Waals surface area contributed by atoms with Gasteiger partial charge >= 0.3 is 0 Å². The Morgan fingerprint density at radius 3 is 2.62 bits per heavy atom. The van der Waals surface area contributed by atoms with E-state index in [4.69, 9.17) is 4.74 Å². The molecule has 6 heteroatoms. The van der Waals surface area contributed by atoms with Crippen LogP contribution in [-0.4, -0.2) is 55.1 Å². The quantitative estimate of drug-likeness (QED) is 0.895. The Kier molecular flexibility index (Phi) is 5.73. The fraction of sp³-hybridized carbons (Fsp3) is 0.400. The average molecular weight is 354 g/mol. The van der Waals surface area contributed by atoms with Gasteiger partial charge in [0.15, 0.2) is 0 Å². The van der Waals surface area contributed by atoms with E-state index in [1.54, 1.807) is 6.20 Å². The number of para-hydroxylation sites is 2. The molecule has 26 heavy (non-hydrogen) atoms. The molecule has 0 unspecified atom stereocenters. The predicted octanol–water partition coefficient (Wildman–Crippen LogP) is 2.87. The molecule has 1 fully saturated rings. The highest BCUT2D eigenvalue weighted by Crippen LogP contribution is 2.25. The van der Waals surface area contributed by atoms with Gasteiger partial charge in [0, 0.05) is 38.1 Å². The van der Waals surface area contributed by atoms with Crippen LogP contribution in [0.4, 0.5) is 11.4 Å². The van der Waals surface area contributed by atoms with Gasteiger partial charge < -0.3 is 19.9 Å². The summed E-state index contributed by atoms with van der Waals surface area (Å²) in [6, 6.07) is 11.3. The Balaban J connectivity index is 1.74. The van der Waals surface area contributed by atoms with Crippen molar-refractivity contribution in [2.75, 3.05) is 43.4 Å². The molecule has 1 saturated heterocycles. The normalized spacial score (nSPS) is 15.2.